The smallest absolute Gasteiger partial charge is 0.182 e. The molecule has 0 aliphatic heterocycles. The monoisotopic (exact) mass is 274 g/mol. The van der Waals surface area contributed by atoms with Crippen molar-refractivity contribution in [2.24, 2.45) is 0 Å². The van der Waals surface area contributed by atoms with Gasteiger partial charge < -0.3 is 0 Å². The van der Waals surface area contributed by atoms with E-state index in [0.29, 0.717) is 0 Å². The van der Waals surface area contributed by atoms with E-state index in [0.717, 1.165) is 14.9 Å². The van der Waals surface area contributed by atoms with Crippen LogP contribution in [0.2, 0.25) is 0 Å². The zero-order valence-electron chi connectivity index (χ0n) is 5.46. The van der Waals surface area contributed by atoms with E-state index in [4.69, 9.17) is 0 Å². The molecule has 0 fully saturated rings. The summed E-state index contributed by atoms with van der Waals surface area (Å²) in [4.78, 5) is 4.11. The van der Waals surface area contributed by atoms with Gasteiger partial charge >= 0.3 is 0 Å². The maximum atomic E-state index is 4.11. The first-order chi connectivity index (χ1) is 5.29. The topological polar surface area (TPSA) is 17.3 Å². The third kappa shape index (κ3) is 1.10. The molecule has 0 N–H and O–H groups in total. The van der Waals surface area contributed by atoms with Crippen molar-refractivity contribution >= 4 is 37.4 Å². The van der Waals surface area contributed by atoms with Gasteiger partial charge in [-0.1, -0.05) is 6.07 Å². The van der Waals surface area contributed by atoms with Gasteiger partial charge in [0.05, 0.1) is 16.3 Å². The van der Waals surface area contributed by atoms with E-state index >= 15 is 0 Å². The Bertz CT molecular complexity index is 394. The van der Waals surface area contributed by atoms with Gasteiger partial charge in [0, 0.05) is 0 Å². The number of fused-ring (bicyclic) bond motifs is 1. The molecule has 0 saturated heterocycles. The summed E-state index contributed by atoms with van der Waals surface area (Å²) in [5, 5.41) is 0. The number of rotatable bonds is 0. The maximum Gasteiger partial charge on any atom is 0.182 e. The quantitative estimate of drug-likeness (QED) is 0.676. The minimum atomic E-state index is 0.819. The molecule has 2 aromatic rings. The normalized spacial score (nSPS) is 10.7. The van der Waals surface area contributed by atoms with Gasteiger partial charge in [0.15, 0.2) is 4.73 Å². The Morgan fingerprint density at radius 3 is 2.82 bits per heavy atom. The number of pyridine rings is 1. The molecular weight excluding hydrogens is 272 g/mol. The Balaban J connectivity index is 2.96. The summed E-state index contributed by atoms with van der Waals surface area (Å²) in [5.41, 5.74) is 1.08. The molecule has 0 aromatic carbocycles. The van der Waals surface area contributed by atoms with Crippen molar-refractivity contribution < 1.29 is 0 Å². The van der Waals surface area contributed by atoms with Gasteiger partial charge in [-0.3, -0.25) is 4.40 Å². The second-order valence-corrected chi connectivity index (χ2v) is 3.66. The van der Waals surface area contributed by atoms with Crippen LogP contribution >= 0.6 is 31.9 Å². The van der Waals surface area contributed by atoms with Crippen LogP contribution in [0.25, 0.3) is 5.52 Å². The SMILES string of the molecule is Brc1cccc2cnc(Br)n12. The highest BCUT2D eigenvalue weighted by Crippen LogP contribution is 2.18. The van der Waals surface area contributed by atoms with E-state index in [-0.39, 0.29) is 0 Å². The van der Waals surface area contributed by atoms with Crippen molar-refractivity contribution in [2.75, 3.05) is 0 Å². The van der Waals surface area contributed by atoms with Gasteiger partial charge in [0.2, 0.25) is 0 Å². The third-order valence-electron chi connectivity index (χ3n) is 1.46. The summed E-state index contributed by atoms with van der Waals surface area (Å²) in [7, 11) is 0. The average Bonchev–Trinajstić information content (AvgIpc) is 2.34. The van der Waals surface area contributed by atoms with Crippen molar-refractivity contribution in [3.8, 4) is 0 Å². The van der Waals surface area contributed by atoms with Gasteiger partial charge in [0.1, 0.15) is 0 Å². The third-order valence-corrected chi connectivity index (χ3v) is 2.64. The number of halogens is 2. The Morgan fingerprint density at radius 1 is 1.27 bits per heavy atom. The van der Waals surface area contributed by atoms with Crippen molar-refractivity contribution in [3.05, 3.63) is 33.7 Å². The van der Waals surface area contributed by atoms with Crippen molar-refractivity contribution in [2.45, 2.75) is 0 Å². The van der Waals surface area contributed by atoms with Gasteiger partial charge in [-0.15, -0.1) is 0 Å². The highest BCUT2D eigenvalue weighted by atomic mass is 79.9. The minimum absolute atomic E-state index is 0.819. The summed E-state index contributed by atoms with van der Waals surface area (Å²) in [6.45, 7) is 0. The number of hydrogen-bond donors (Lipinski definition) is 0. The lowest BCUT2D eigenvalue weighted by molar-refractivity contribution is 1.07. The minimum Gasteiger partial charge on any atom is -0.281 e. The molecule has 56 valence electrons. The first kappa shape index (κ1) is 7.31. The molecule has 0 aliphatic rings. The summed E-state index contributed by atoms with van der Waals surface area (Å²) in [6.07, 6.45) is 1.81. The summed E-state index contributed by atoms with van der Waals surface area (Å²) < 4.78 is 3.79. The van der Waals surface area contributed by atoms with E-state index in [2.05, 4.69) is 36.8 Å². The molecule has 0 bridgehead atoms. The number of imidazole rings is 1. The second-order valence-electron chi connectivity index (χ2n) is 2.14. The number of aromatic nitrogens is 2. The molecule has 2 rings (SSSR count). The first-order valence-electron chi connectivity index (χ1n) is 3.06. The predicted molar refractivity (Wildman–Crippen MR) is 50.6 cm³/mol. The van der Waals surface area contributed by atoms with Crippen molar-refractivity contribution in [1.82, 2.24) is 9.38 Å². The molecule has 0 saturated carbocycles. The predicted octanol–water partition coefficient (Wildman–Crippen LogP) is 2.86. The summed E-state index contributed by atoms with van der Waals surface area (Å²) >= 11 is 6.76. The molecule has 2 heterocycles. The largest absolute Gasteiger partial charge is 0.281 e. The Kier molecular flexibility index (Phi) is 1.73. The van der Waals surface area contributed by atoms with Crippen LogP contribution in [0.15, 0.2) is 33.7 Å². The fraction of sp³-hybridized carbons (Fsp3) is 0. The highest BCUT2D eigenvalue weighted by molar-refractivity contribution is 9.11. The standard InChI is InChI=1S/C7H4Br2N2/c8-6-3-1-2-5-4-10-7(9)11(5)6/h1-4H. The summed E-state index contributed by atoms with van der Waals surface area (Å²) in [5.74, 6) is 0. The highest BCUT2D eigenvalue weighted by Gasteiger charge is 2.00. The number of nitrogens with zero attached hydrogens (tertiary/aromatic N) is 2. The maximum absolute atomic E-state index is 4.11. The van der Waals surface area contributed by atoms with Crippen LogP contribution in [0.3, 0.4) is 0 Å². The fourth-order valence-electron chi connectivity index (χ4n) is 0.971. The van der Waals surface area contributed by atoms with Crippen LogP contribution in [-0.4, -0.2) is 9.38 Å². The zero-order chi connectivity index (χ0) is 7.84. The van der Waals surface area contributed by atoms with Crippen molar-refractivity contribution in [1.29, 1.82) is 0 Å². The lowest BCUT2D eigenvalue weighted by atomic mass is 10.4. The molecular formula is C7H4Br2N2. The number of hydrogen-bond acceptors (Lipinski definition) is 1. The molecule has 4 heteroatoms. The van der Waals surface area contributed by atoms with Crippen LogP contribution in [0, 0.1) is 0 Å². The Morgan fingerprint density at radius 2 is 2.09 bits per heavy atom. The zero-order valence-corrected chi connectivity index (χ0v) is 8.63. The van der Waals surface area contributed by atoms with Gasteiger partial charge in [0.25, 0.3) is 0 Å². The summed E-state index contributed by atoms with van der Waals surface area (Å²) in [6, 6.07) is 5.95. The van der Waals surface area contributed by atoms with E-state index in [1.165, 1.54) is 0 Å². The Labute approximate surface area is 80.5 Å². The van der Waals surface area contributed by atoms with E-state index in [9.17, 15) is 0 Å². The van der Waals surface area contributed by atoms with Gasteiger partial charge in [-0.25, -0.2) is 4.98 Å². The first-order valence-corrected chi connectivity index (χ1v) is 4.65. The van der Waals surface area contributed by atoms with Crippen LogP contribution in [0.4, 0.5) is 0 Å². The molecule has 0 spiro atoms. The van der Waals surface area contributed by atoms with E-state index in [1.807, 2.05) is 28.8 Å². The fourth-order valence-corrected chi connectivity index (χ4v) is 2.23. The molecule has 0 atom stereocenters. The molecule has 2 nitrogen and oxygen atoms in total. The van der Waals surface area contributed by atoms with Crippen LogP contribution in [0.5, 0.6) is 0 Å². The molecule has 0 radical (unpaired) electrons. The van der Waals surface area contributed by atoms with Gasteiger partial charge in [-0.2, -0.15) is 0 Å². The molecule has 0 amide bonds. The molecule has 2 aromatic heterocycles. The van der Waals surface area contributed by atoms with E-state index < -0.39 is 0 Å². The second kappa shape index (κ2) is 2.60. The van der Waals surface area contributed by atoms with Crippen molar-refractivity contribution in [3.63, 3.8) is 0 Å². The van der Waals surface area contributed by atoms with Crippen LogP contribution < -0.4 is 0 Å². The lowest BCUT2D eigenvalue weighted by Crippen LogP contribution is -1.85. The Hall–Kier alpha value is -0.350. The molecule has 11 heavy (non-hydrogen) atoms. The van der Waals surface area contributed by atoms with Gasteiger partial charge in [-0.05, 0) is 44.0 Å². The van der Waals surface area contributed by atoms with Crippen LogP contribution in [0.1, 0.15) is 0 Å². The average molecular weight is 276 g/mol. The van der Waals surface area contributed by atoms with E-state index in [1.54, 1.807) is 0 Å². The lowest BCUT2D eigenvalue weighted by Gasteiger charge is -1.96. The molecule has 0 aliphatic carbocycles. The van der Waals surface area contributed by atoms with Crippen LogP contribution in [-0.2, 0) is 0 Å². The molecule has 0 unspecified atom stereocenters.